The largest absolute Gasteiger partial charge is 0.339 e. The van der Waals surface area contributed by atoms with Gasteiger partial charge < -0.3 is 9.80 Å². The van der Waals surface area contributed by atoms with Crippen molar-refractivity contribution in [3.63, 3.8) is 0 Å². The topological polar surface area (TPSA) is 23.6 Å². The Morgan fingerprint density at radius 1 is 1.15 bits per heavy atom. The number of hydrogen-bond donors (Lipinski definition) is 0. The molecule has 0 aromatic heterocycles. The van der Waals surface area contributed by atoms with Crippen LogP contribution in [0.3, 0.4) is 0 Å². The van der Waals surface area contributed by atoms with Crippen molar-refractivity contribution in [1.82, 2.24) is 9.80 Å². The maximum Gasteiger partial charge on any atom is 0.225 e. The van der Waals surface area contributed by atoms with E-state index in [9.17, 15) is 4.79 Å². The molecule has 2 aliphatic heterocycles. The van der Waals surface area contributed by atoms with Gasteiger partial charge in [0.15, 0.2) is 0 Å². The van der Waals surface area contributed by atoms with Crippen LogP contribution in [0.2, 0.25) is 0 Å². The lowest BCUT2D eigenvalue weighted by molar-refractivity contribution is -0.139. The van der Waals surface area contributed by atoms with E-state index >= 15 is 0 Å². The second-order valence-electron chi connectivity index (χ2n) is 7.55. The van der Waals surface area contributed by atoms with E-state index in [-0.39, 0.29) is 0 Å². The molecular formula is C17H30N2O. The van der Waals surface area contributed by atoms with Gasteiger partial charge in [-0.05, 0) is 56.9 Å². The van der Waals surface area contributed by atoms with Crippen molar-refractivity contribution in [3.8, 4) is 0 Å². The normalized spacial score (nSPS) is 31.4. The molecule has 3 nitrogen and oxygen atoms in total. The molecule has 0 spiro atoms. The highest BCUT2D eigenvalue weighted by Gasteiger charge is 2.42. The lowest BCUT2D eigenvalue weighted by Gasteiger charge is -2.47. The van der Waals surface area contributed by atoms with Crippen LogP contribution in [0.4, 0.5) is 0 Å². The molecule has 0 aromatic rings. The lowest BCUT2D eigenvalue weighted by atomic mass is 9.83. The first kappa shape index (κ1) is 14.4. The second kappa shape index (κ2) is 6.05. The first-order valence-corrected chi connectivity index (χ1v) is 8.68. The summed E-state index contributed by atoms with van der Waals surface area (Å²) in [5.74, 6) is 2.42. The van der Waals surface area contributed by atoms with Crippen LogP contribution in [-0.4, -0.2) is 47.9 Å². The van der Waals surface area contributed by atoms with Crippen LogP contribution in [0.1, 0.15) is 52.4 Å². The first-order valence-electron chi connectivity index (χ1n) is 8.68. The molecular weight excluding hydrogens is 248 g/mol. The van der Waals surface area contributed by atoms with E-state index < -0.39 is 0 Å². The molecule has 1 amide bonds. The minimum Gasteiger partial charge on any atom is -0.339 e. The summed E-state index contributed by atoms with van der Waals surface area (Å²) < 4.78 is 0. The number of likely N-dealkylation sites (tertiary alicyclic amines) is 2. The molecule has 3 aliphatic rings. The third kappa shape index (κ3) is 3.19. The number of fused-ring (bicyclic) bond motifs is 1. The molecule has 0 unspecified atom stereocenters. The van der Waals surface area contributed by atoms with Gasteiger partial charge in [-0.2, -0.15) is 0 Å². The summed E-state index contributed by atoms with van der Waals surface area (Å²) in [7, 11) is 0. The summed E-state index contributed by atoms with van der Waals surface area (Å²) in [5.41, 5.74) is 0. The zero-order valence-corrected chi connectivity index (χ0v) is 13.2. The van der Waals surface area contributed by atoms with Crippen LogP contribution in [0, 0.1) is 17.8 Å². The van der Waals surface area contributed by atoms with Crippen LogP contribution in [-0.2, 0) is 4.79 Å². The SMILES string of the molecule is CC(C)CCN1CC[C@H]2[C@@H](CCCN2C(=O)C2CC2)C1. The summed E-state index contributed by atoms with van der Waals surface area (Å²) in [6.45, 7) is 9.32. The smallest absolute Gasteiger partial charge is 0.225 e. The van der Waals surface area contributed by atoms with Crippen LogP contribution < -0.4 is 0 Å². The minimum atomic E-state index is 0.396. The maximum atomic E-state index is 12.4. The fourth-order valence-corrected chi connectivity index (χ4v) is 3.96. The van der Waals surface area contributed by atoms with Crippen molar-refractivity contribution in [2.45, 2.75) is 58.4 Å². The van der Waals surface area contributed by atoms with Gasteiger partial charge in [-0.3, -0.25) is 4.79 Å². The molecule has 3 fully saturated rings. The van der Waals surface area contributed by atoms with Gasteiger partial charge in [0.25, 0.3) is 0 Å². The van der Waals surface area contributed by atoms with Gasteiger partial charge in [0.2, 0.25) is 5.91 Å². The van der Waals surface area contributed by atoms with E-state index in [1.54, 1.807) is 0 Å². The quantitative estimate of drug-likeness (QED) is 0.789. The zero-order chi connectivity index (χ0) is 14.1. The van der Waals surface area contributed by atoms with Crippen LogP contribution >= 0.6 is 0 Å². The molecule has 0 bridgehead atoms. The summed E-state index contributed by atoms with van der Waals surface area (Å²) in [6, 6.07) is 0.562. The number of nitrogens with zero attached hydrogens (tertiary/aromatic N) is 2. The Morgan fingerprint density at radius 2 is 1.95 bits per heavy atom. The van der Waals surface area contributed by atoms with Gasteiger partial charge in [-0.1, -0.05) is 13.8 Å². The highest BCUT2D eigenvalue weighted by Crippen LogP contribution is 2.37. The fraction of sp³-hybridized carbons (Fsp3) is 0.941. The molecule has 3 heteroatoms. The molecule has 114 valence electrons. The Bertz CT molecular complexity index is 351. The number of rotatable bonds is 4. The number of hydrogen-bond acceptors (Lipinski definition) is 2. The van der Waals surface area contributed by atoms with Gasteiger partial charge in [0.05, 0.1) is 0 Å². The minimum absolute atomic E-state index is 0.396. The average molecular weight is 278 g/mol. The highest BCUT2D eigenvalue weighted by atomic mass is 16.2. The third-order valence-corrected chi connectivity index (χ3v) is 5.38. The van der Waals surface area contributed by atoms with E-state index in [0.717, 1.165) is 31.2 Å². The lowest BCUT2D eigenvalue weighted by Crippen LogP contribution is -2.56. The van der Waals surface area contributed by atoms with E-state index in [4.69, 9.17) is 0 Å². The monoisotopic (exact) mass is 278 g/mol. The molecule has 2 saturated heterocycles. The Morgan fingerprint density at radius 3 is 2.65 bits per heavy atom. The maximum absolute atomic E-state index is 12.4. The van der Waals surface area contributed by atoms with Gasteiger partial charge in [-0.25, -0.2) is 0 Å². The number of amides is 1. The number of carbonyl (C=O) groups is 1. The summed E-state index contributed by atoms with van der Waals surface area (Å²) >= 11 is 0. The molecule has 2 heterocycles. The Kier molecular flexibility index (Phi) is 4.34. The predicted molar refractivity (Wildman–Crippen MR) is 81.5 cm³/mol. The zero-order valence-electron chi connectivity index (χ0n) is 13.2. The van der Waals surface area contributed by atoms with Gasteiger partial charge in [0.1, 0.15) is 0 Å². The molecule has 0 radical (unpaired) electrons. The van der Waals surface area contributed by atoms with Crippen molar-refractivity contribution < 1.29 is 4.79 Å². The fourth-order valence-electron chi connectivity index (χ4n) is 3.96. The second-order valence-corrected chi connectivity index (χ2v) is 7.55. The standard InChI is InChI=1S/C17H30N2O/c1-13(2)7-10-18-11-8-16-15(12-18)4-3-9-19(16)17(20)14-5-6-14/h13-16H,3-12H2,1-2H3/t15-,16-/m0/s1. The van der Waals surface area contributed by atoms with Crippen molar-refractivity contribution >= 4 is 5.91 Å². The molecule has 2 atom stereocenters. The van der Waals surface area contributed by atoms with E-state index in [1.165, 1.54) is 45.3 Å². The predicted octanol–water partition coefficient (Wildman–Crippen LogP) is 2.76. The van der Waals surface area contributed by atoms with Crippen molar-refractivity contribution in [3.05, 3.63) is 0 Å². The molecule has 1 saturated carbocycles. The van der Waals surface area contributed by atoms with Crippen LogP contribution in [0.15, 0.2) is 0 Å². The highest BCUT2D eigenvalue weighted by molar-refractivity contribution is 5.81. The van der Waals surface area contributed by atoms with E-state index in [2.05, 4.69) is 23.6 Å². The molecule has 0 N–H and O–H groups in total. The Labute approximate surface area is 123 Å². The van der Waals surface area contributed by atoms with Crippen molar-refractivity contribution in [2.75, 3.05) is 26.2 Å². The summed E-state index contributed by atoms with van der Waals surface area (Å²) in [5, 5.41) is 0. The van der Waals surface area contributed by atoms with Gasteiger partial charge in [0, 0.05) is 31.6 Å². The molecule has 20 heavy (non-hydrogen) atoms. The Hall–Kier alpha value is -0.570. The summed E-state index contributed by atoms with van der Waals surface area (Å²) in [6.07, 6.45) is 7.36. The number of piperidine rings is 2. The van der Waals surface area contributed by atoms with Crippen molar-refractivity contribution in [1.29, 1.82) is 0 Å². The first-order chi connectivity index (χ1) is 9.65. The van der Waals surface area contributed by atoms with Gasteiger partial charge in [-0.15, -0.1) is 0 Å². The Balaban J connectivity index is 1.56. The molecule has 3 rings (SSSR count). The van der Waals surface area contributed by atoms with Crippen LogP contribution in [0.5, 0.6) is 0 Å². The van der Waals surface area contributed by atoms with E-state index in [0.29, 0.717) is 17.9 Å². The number of carbonyl (C=O) groups excluding carboxylic acids is 1. The summed E-state index contributed by atoms with van der Waals surface area (Å²) in [4.78, 5) is 17.3. The van der Waals surface area contributed by atoms with Crippen LogP contribution in [0.25, 0.3) is 0 Å². The van der Waals surface area contributed by atoms with E-state index in [1.807, 2.05) is 0 Å². The van der Waals surface area contributed by atoms with Gasteiger partial charge >= 0.3 is 0 Å². The molecule has 0 aromatic carbocycles. The molecule has 1 aliphatic carbocycles. The third-order valence-electron chi connectivity index (χ3n) is 5.38. The average Bonchev–Trinajstić information content (AvgIpc) is 3.28. The van der Waals surface area contributed by atoms with Crippen molar-refractivity contribution in [2.24, 2.45) is 17.8 Å².